The highest BCUT2D eigenvalue weighted by atomic mass is 32.2. The molecule has 2 aromatic carbocycles. The van der Waals surface area contributed by atoms with Crippen LogP contribution in [0.3, 0.4) is 0 Å². The Balaban J connectivity index is 1.71. The first-order valence-electron chi connectivity index (χ1n) is 7.90. The molecule has 0 radical (unpaired) electrons. The van der Waals surface area contributed by atoms with Crippen molar-refractivity contribution in [1.29, 1.82) is 0 Å². The Morgan fingerprint density at radius 3 is 2.60 bits per heavy atom. The highest BCUT2D eigenvalue weighted by Crippen LogP contribution is 2.22. The largest absolute Gasteiger partial charge is 0.348 e. The first-order chi connectivity index (χ1) is 11.9. The van der Waals surface area contributed by atoms with E-state index in [4.69, 9.17) is 0 Å². The average Bonchev–Trinajstić information content (AvgIpc) is 2.84. The minimum atomic E-state index is -3.59. The number of rotatable bonds is 4. The van der Waals surface area contributed by atoms with Crippen LogP contribution in [0.4, 0.5) is 0 Å². The Morgan fingerprint density at radius 2 is 1.84 bits per heavy atom. The Labute approximate surface area is 147 Å². The van der Waals surface area contributed by atoms with Crippen LogP contribution in [0.5, 0.6) is 0 Å². The molecule has 0 unspecified atom stereocenters. The number of amides is 1. The van der Waals surface area contributed by atoms with Gasteiger partial charge in [-0.25, -0.2) is 8.42 Å². The van der Waals surface area contributed by atoms with E-state index in [1.165, 1.54) is 6.07 Å². The van der Waals surface area contributed by atoms with Gasteiger partial charge >= 0.3 is 0 Å². The first kappa shape index (κ1) is 17.2. The van der Waals surface area contributed by atoms with Crippen molar-refractivity contribution in [3.63, 3.8) is 0 Å². The zero-order valence-electron chi connectivity index (χ0n) is 14.0. The summed E-state index contributed by atoms with van der Waals surface area (Å²) < 4.78 is 26.4. The molecule has 0 aliphatic carbocycles. The van der Waals surface area contributed by atoms with Crippen LogP contribution in [0.15, 0.2) is 58.4 Å². The van der Waals surface area contributed by atoms with E-state index in [0.717, 1.165) is 11.1 Å². The number of aliphatic imine (C=N–C) groups is 1. The van der Waals surface area contributed by atoms with E-state index in [0.29, 0.717) is 5.56 Å². The van der Waals surface area contributed by atoms with Gasteiger partial charge in [-0.3, -0.25) is 14.5 Å². The number of hydrogen-bond donors (Lipinski definition) is 2. The predicted octanol–water partition coefficient (Wildman–Crippen LogP) is 1.91. The van der Waals surface area contributed by atoms with E-state index >= 15 is 0 Å². The molecule has 0 saturated heterocycles. The number of sulfonamides is 1. The summed E-state index contributed by atoms with van der Waals surface area (Å²) >= 11 is 0. The molecular formula is C18H19N3O3S. The molecule has 3 rings (SSSR count). The van der Waals surface area contributed by atoms with Crippen LogP contribution >= 0.6 is 0 Å². The highest BCUT2D eigenvalue weighted by molar-refractivity contribution is 7.90. The fourth-order valence-electron chi connectivity index (χ4n) is 2.84. The minimum absolute atomic E-state index is 0.150. The van der Waals surface area contributed by atoms with Crippen LogP contribution in [0.2, 0.25) is 0 Å². The molecule has 0 spiro atoms. The van der Waals surface area contributed by atoms with Crippen molar-refractivity contribution in [2.75, 3.05) is 6.54 Å². The topological polar surface area (TPSA) is 87.6 Å². The zero-order valence-corrected chi connectivity index (χ0v) is 14.8. The summed E-state index contributed by atoms with van der Waals surface area (Å²) in [6.45, 7) is 3.74. The molecule has 130 valence electrons. The Morgan fingerprint density at radius 1 is 1.16 bits per heavy atom. The maximum atomic E-state index is 12.2. The van der Waals surface area contributed by atoms with E-state index in [-0.39, 0.29) is 29.2 Å². The summed E-state index contributed by atoms with van der Waals surface area (Å²) in [5, 5.41) is 2.88. The van der Waals surface area contributed by atoms with Crippen molar-refractivity contribution in [2.45, 2.75) is 24.8 Å². The average molecular weight is 357 g/mol. The van der Waals surface area contributed by atoms with Gasteiger partial charge in [-0.15, -0.1) is 0 Å². The summed E-state index contributed by atoms with van der Waals surface area (Å²) in [6, 6.07) is 14.2. The maximum absolute atomic E-state index is 12.2. The zero-order chi connectivity index (χ0) is 18.0. The molecular weight excluding hydrogens is 338 g/mol. The van der Waals surface area contributed by atoms with Crippen LogP contribution in [-0.4, -0.2) is 26.7 Å². The second-order valence-electron chi connectivity index (χ2n) is 5.91. The fraction of sp³-hybridized carbons (Fsp3) is 0.222. The molecule has 2 aromatic rings. The van der Waals surface area contributed by atoms with Gasteiger partial charge in [0.15, 0.2) is 0 Å². The molecule has 0 fully saturated rings. The Bertz CT molecular complexity index is 952. The van der Waals surface area contributed by atoms with Gasteiger partial charge in [0.25, 0.3) is 10.0 Å². The van der Waals surface area contributed by atoms with E-state index in [2.05, 4.69) is 15.0 Å². The van der Waals surface area contributed by atoms with Crippen LogP contribution in [0.1, 0.15) is 29.7 Å². The standard InChI is InChI=1S/C18H19N3O3S/c1-12-7-3-4-8-14(12)13(2)20-17(22)11-19-18-15-9-5-6-10-16(15)25(23,24)21-18/h3-10,13H,11H2,1-2H3,(H,19,21)(H,20,22)/t13-/m0/s1. The third kappa shape index (κ3) is 3.56. The lowest BCUT2D eigenvalue weighted by Crippen LogP contribution is -2.30. The SMILES string of the molecule is Cc1ccccc1[C@H](C)NC(=O)CN=C1NS(=O)(=O)c2ccccc21. The Hall–Kier alpha value is -2.67. The van der Waals surface area contributed by atoms with Gasteiger partial charge in [0, 0.05) is 5.56 Å². The van der Waals surface area contributed by atoms with Crippen molar-refractivity contribution >= 4 is 21.8 Å². The van der Waals surface area contributed by atoms with E-state index in [9.17, 15) is 13.2 Å². The van der Waals surface area contributed by atoms with Crippen molar-refractivity contribution in [2.24, 2.45) is 4.99 Å². The molecule has 1 aliphatic heterocycles. The lowest BCUT2D eigenvalue weighted by molar-refractivity contribution is -0.120. The predicted molar refractivity (Wildman–Crippen MR) is 95.9 cm³/mol. The van der Waals surface area contributed by atoms with Crippen LogP contribution in [-0.2, 0) is 14.8 Å². The number of benzene rings is 2. The fourth-order valence-corrected chi connectivity index (χ4v) is 4.09. The molecule has 1 amide bonds. The van der Waals surface area contributed by atoms with E-state index in [1.807, 2.05) is 38.1 Å². The summed E-state index contributed by atoms with van der Waals surface area (Å²) in [6.07, 6.45) is 0. The van der Waals surface area contributed by atoms with E-state index < -0.39 is 10.0 Å². The van der Waals surface area contributed by atoms with Gasteiger partial charge in [0.1, 0.15) is 12.4 Å². The molecule has 7 heteroatoms. The highest BCUT2D eigenvalue weighted by Gasteiger charge is 2.30. The van der Waals surface area contributed by atoms with E-state index in [1.54, 1.807) is 18.2 Å². The van der Waals surface area contributed by atoms with Crippen molar-refractivity contribution in [3.8, 4) is 0 Å². The normalized spacial score (nSPS) is 17.6. The van der Waals surface area contributed by atoms with Crippen LogP contribution in [0, 0.1) is 6.92 Å². The van der Waals surface area contributed by atoms with Gasteiger partial charge in [-0.1, -0.05) is 36.4 Å². The third-order valence-electron chi connectivity index (χ3n) is 4.08. The molecule has 1 heterocycles. The van der Waals surface area contributed by atoms with Crippen molar-refractivity contribution < 1.29 is 13.2 Å². The number of amidine groups is 1. The smallest absolute Gasteiger partial charge is 0.263 e. The second-order valence-corrected chi connectivity index (χ2v) is 7.56. The third-order valence-corrected chi connectivity index (χ3v) is 5.47. The number of nitrogens with zero attached hydrogens (tertiary/aromatic N) is 1. The molecule has 6 nitrogen and oxygen atoms in total. The van der Waals surface area contributed by atoms with Gasteiger partial charge < -0.3 is 5.32 Å². The quantitative estimate of drug-likeness (QED) is 0.876. The lowest BCUT2D eigenvalue weighted by atomic mass is 10.0. The number of hydrogen-bond acceptors (Lipinski definition) is 4. The Kier molecular flexibility index (Phi) is 4.59. The van der Waals surface area contributed by atoms with Crippen LogP contribution in [0.25, 0.3) is 0 Å². The number of aryl methyl sites for hydroxylation is 1. The van der Waals surface area contributed by atoms with Gasteiger partial charge in [0.05, 0.1) is 10.9 Å². The minimum Gasteiger partial charge on any atom is -0.348 e. The maximum Gasteiger partial charge on any atom is 0.263 e. The lowest BCUT2D eigenvalue weighted by Gasteiger charge is -2.16. The number of fused-ring (bicyclic) bond motifs is 1. The van der Waals surface area contributed by atoms with Crippen molar-refractivity contribution in [3.05, 3.63) is 65.2 Å². The van der Waals surface area contributed by atoms with Gasteiger partial charge in [-0.05, 0) is 37.1 Å². The molecule has 0 bridgehead atoms. The summed E-state index contributed by atoms with van der Waals surface area (Å²) in [7, 11) is -3.59. The molecule has 0 aromatic heterocycles. The van der Waals surface area contributed by atoms with Gasteiger partial charge in [-0.2, -0.15) is 0 Å². The summed E-state index contributed by atoms with van der Waals surface area (Å²) in [5.41, 5.74) is 2.62. The summed E-state index contributed by atoms with van der Waals surface area (Å²) in [5.74, 6) is -0.0684. The first-order valence-corrected chi connectivity index (χ1v) is 9.38. The number of carbonyl (C=O) groups is 1. The number of carbonyl (C=O) groups excluding carboxylic acids is 1. The molecule has 25 heavy (non-hydrogen) atoms. The summed E-state index contributed by atoms with van der Waals surface area (Å²) in [4.78, 5) is 16.5. The van der Waals surface area contributed by atoms with Gasteiger partial charge in [0.2, 0.25) is 5.91 Å². The molecule has 2 N–H and O–H groups in total. The van der Waals surface area contributed by atoms with Crippen LogP contribution < -0.4 is 10.0 Å². The van der Waals surface area contributed by atoms with Crippen molar-refractivity contribution in [1.82, 2.24) is 10.0 Å². The monoisotopic (exact) mass is 357 g/mol. The molecule has 0 saturated carbocycles. The number of nitrogens with one attached hydrogen (secondary N) is 2. The second kappa shape index (κ2) is 6.68. The molecule has 1 aliphatic rings. The molecule has 1 atom stereocenters.